The van der Waals surface area contributed by atoms with Crippen LogP contribution in [-0.2, 0) is 0 Å². The fraction of sp³-hybridized carbons (Fsp3) is 0.214. The molecule has 0 bridgehead atoms. The van der Waals surface area contributed by atoms with E-state index >= 15 is 0 Å². The third-order valence-electron chi connectivity index (χ3n) is 6.17. The quantitative estimate of drug-likeness (QED) is 0.186. The molecule has 4 aromatic rings. The van der Waals surface area contributed by atoms with Crippen molar-refractivity contribution in [2.75, 3.05) is 10.7 Å². The number of halogens is 3. The average Bonchev–Trinajstić information content (AvgIpc) is 3.57. The van der Waals surface area contributed by atoms with E-state index in [2.05, 4.69) is 55.9 Å². The lowest BCUT2D eigenvalue weighted by molar-refractivity contribution is -0.274. The molecule has 1 aliphatic heterocycles. The van der Waals surface area contributed by atoms with Crippen LogP contribution in [0.5, 0.6) is 5.75 Å². The van der Waals surface area contributed by atoms with Crippen molar-refractivity contribution in [3.63, 3.8) is 0 Å². The maximum atomic E-state index is 12.4. The first-order valence-corrected chi connectivity index (χ1v) is 13.3. The van der Waals surface area contributed by atoms with Crippen molar-refractivity contribution in [2.24, 2.45) is 10.2 Å². The summed E-state index contributed by atoms with van der Waals surface area (Å²) in [6, 6.07) is 21.7. The van der Waals surface area contributed by atoms with Crippen LogP contribution < -0.4 is 9.64 Å². The Morgan fingerprint density at radius 3 is 2.49 bits per heavy atom. The van der Waals surface area contributed by atoms with E-state index in [-0.39, 0.29) is 5.75 Å². The maximum absolute atomic E-state index is 12.4. The summed E-state index contributed by atoms with van der Waals surface area (Å²) in [5.41, 5.74) is 4.58. The molecule has 0 saturated carbocycles. The van der Waals surface area contributed by atoms with Crippen molar-refractivity contribution in [3.8, 4) is 22.8 Å². The predicted molar refractivity (Wildman–Crippen MR) is 149 cm³/mol. The summed E-state index contributed by atoms with van der Waals surface area (Å²) in [4.78, 5) is 6.60. The van der Waals surface area contributed by atoms with Crippen molar-refractivity contribution >= 4 is 28.8 Å². The van der Waals surface area contributed by atoms with Crippen LogP contribution in [0.3, 0.4) is 0 Å². The van der Waals surface area contributed by atoms with Crippen molar-refractivity contribution < 1.29 is 17.9 Å². The Balaban J connectivity index is 1.27. The first-order chi connectivity index (χ1) is 18.8. The molecular formula is C28H25F3N6OS. The van der Waals surface area contributed by atoms with Gasteiger partial charge < -0.3 is 9.64 Å². The van der Waals surface area contributed by atoms with Gasteiger partial charge in [-0.2, -0.15) is 5.10 Å². The van der Waals surface area contributed by atoms with Crippen molar-refractivity contribution in [1.82, 2.24) is 14.8 Å². The molecule has 0 spiro atoms. The summed E-state index contributed by atoms with van der Waals surface area (Å²) >= 11 is 1.71. The summed E-state index contributed by atoms with van der Waals surface area (Å²) in [6.07, 6.45) is -0.499. The van der Waals surface area contributed by atoms with Gasteiger partial charge in [0.15, 0.2) is 11.0 Å². The average molecular weight is 551 g/mol. The van der Waals surface area contributed by atoms with Crippen LogP contribution in [0.25, 0.3) is 17.1 Å². The van der Waals surface area contributed by atoms with Gasteiger partial charge in [0.05, 0.1) is 11.9 Å². The van der Waals surface area contributed by atoms with E-state index in [1.54, 1.807) is 18.0 Å². The Morgan fingerprint density at radius 1 is 1.05 bits per heavy atom. The molecule has 3 aromatic carbocycles. The summed E-state index contributed by atoms with van der Waals surface area (Å²) in [5.74, 6) is 1.16. The largest absolute Gasteiger partial charge is 0.573 e. The number of rotatable bonds is 7. The highest BCUT2D eigenvalue weighted by atomic mass is 32.2. The number of amidine groups is 1. The molecule has 1 aliphatic rings. The van der Waals surface area contributed by atoms with Crippen LogP contribution in [0.1, 0.15) is 24.5 Å². The highest BCUT2D eigenvalue weighted by Gasteiger charge is 2.32. The number of aryl methyl sites for hydroxylation is 1. The molecule has 200 valence electrons. The van der Waals surface area contributed by atoms with Gasteiger partial charge in [-0.05, 0) is 54.8 Å². The summed E-state index contributed by atoms with van der Waals surface area (Å²) in [7, 11) is 0. The molecule has 5 rings (SSSR count). The van der Waals surface area contributed by atoms with Gasteiger partial charge in [-0.15, -0.1) is 23.4 Å². The number of aromatic nitrogens is 3. The highest BCUT2D eigenvalue weighted by Crippen LogP contribution is 2.33. The zero-order valence-corrected chi connectivity index (χ0v) is 22.0. The molecule has 1 aromatic heterocycles. The zero-order chi connectivity index (χ0) is 27.4. The SMILES string of the molecule is CCC1CSC(=NN=Cc2ccc(-c3ncn(-c4ccc(OC(F)(F)F)cc4)n3)cc2)N1c1ccccc1C. The molecule has 0 aliphatic carbocycles. The Labute approximate surface area is 228 Å². The fourth-order valence-electron chi connectivity index (χ4n) is 4.17. The molecule has 1 unspecified atom stereocenters. The van der Waals surface area contributed by atoms with E-state index in [9.17, 15) is 13.2 Å². The van der Waals surface area contributed by atoms with Crippen molar-refractivity contribution in [3.05, 3.63) is 90.3 Å². The fourth-order valence-corrected chi connectivity index (χ4v) is 5.38. The van der Waals surface area contributed by atoms with Crippen molar-refractivity contribution in [2.45, 2.75) is 32.7 Å². The van der Waals surface area contributed by atoms with Crippen LogP contribution in [0.15, 0.2) is 89.3 Å². The van der Waals surface area contributed by atoms with Crippen molar-refractivity contribution in [1.29, 1.82) is 0 Å². The van der Waals surface area contributed by atoms with E-state index < -0.39 is 6.36 Å². The molecule has 1 fully saturated rings. The van der Waals surface area contributed by atoms with Crippen LogP contribution >= 0.6 is 11.8 Å². The minimum absolute atomic E-state index is 0.298. The minimum atomic E-state index is -4.74. The summed E-state index contributed by atoms with van der Waals surface area (Å²) in [6.45, 7) is 4.29. The Kier molecular flexibility index (Phi) is 7.69. The predicted octanol–water partition coefficient (Wildman–Crippen LogP) is 6.86. The number of hydrogen-bond acceptors (Lipinski definition) is 6. The number of alkyl halides is 3. The third kappa shape index (κ3) is 6.31. The Morgan fingerprint density at radius 2 is 1.79 bits per heavy atom. The molecule has 0 N–H and O–H groups in total. The Hall–Kier alpha value is -4.12. The van der Waals surface area contributed by atoms with Crippen LogP contribution in [-0.4, -0.2) is 44.3 Å². The van der Waals surface area contributed by atoms with Gasteiger partial charge in [0.2, 0.25) is 0 Å². The zero-order valence-electron chi connectivity index (χ0n) is 21.2. The molecule has 1 saturated heterocycles. The van der Waals surface area contributed by atoms with Gasteiger partial charge in [0, 0.05) is 23.0 Å². The number of benzene rings is 3. The van der Waals surface area contributed by atoms with E-state index in [1.807, 2.05) is 36.4 Å². The number of ether oxygens (including phenoxy) is 1. The van der Waals surface area contributed by atoms with Crippen LogP contribution in [0, 0.1) is 6.92 Å². The second-order valence-electron chi connectivity index (χ2n) is 8.83. The summed E-state index contributed by atoms with van der Waals surface area (Å²) in [5, 5.41) is 14.2. The lowest BCUT2D eigenvalue weighted by Gasteiger charge is -2.26. The van der Waals surface area contributed by atoms with E-state index in [0.717, 1.165) is 34.2 Å². The minimum Gasteiger partial charge on any atom is -0.406 e. The van der Waals surface area contributed by atoms with E-state index in [4.69, 9.17) is 0 Å². The second-order valence-corrected chi connectivity index (χ2v) is 9.82. The molecule has 2 heterocycles. The van der Waals surface area contributed by atoms with Gasteiger partial charge in [-0.1, -0.05) is 61.2 Å². The number of para-hydroxylation sites is 1. The number of hydrogen-bond donors (Lipinski definition) is 0. The molecular weight excluding hydrogens is 525 g/mol. The van der Waals surface area contributed by atoms with Gasteiger partial charge in [-0.3, -0.25) is 0 Å². The number of anilines is 1. The van der Waals surface area contributed by atoms with Gasteiger partial charge >= 0.3 is 6.36 Å². The second kappa shape index (κ2) is 11.3. The standard InChI is InChI=1S/C28H25F3N6OS/c1-3-22-17-39-27(37(22)25-7-5-4-6-19(25)2)34-33-16-20-8-10-21(11-9-20)26-32-18-36(35-26)23-12-14-24(15-13-23)38-28(29,30)31/h4-16,18,22H,3,17H2,1-2H3. The van der Waals surface area contributed by atoms with Gasteiger partial charge in [-0.25, -0.2) is 9.67 Å². The molecule has 11 heteroatoms. The van der Waals surface area contributed by atoms with Gasteiger partial charge in [0.25, 0.3) is 0 Å². The first kappa shape index (κ1) is 26.5. The maximum Gasteiger partial charge on any atom is 0.573 e. The molecule has 0 radical (unpaired) electrons. The highest BCUT2D eigenvalue weighted by molar-refractivity contribution is 8.14. The molecule has 0 amide bonds. The Bertz CT molecular complexity index is 1480. The molecule has 39 heavy (non-hydrogen) atoms. The normalized spacial score (nSPS) is 16.9. The summed E-state index contributed by atoms with van der Waals surface area (Å²) < 4.78 is 42.5. The lowest BCUT2D eigenvalue weighted by Crippen LogP contribution is -2.33. The van der Waals surface area contributed by atoms with Gasteiger partial charge in [0.1, 0.15) is 12.1 Å². The van der Waals surface area contributed by atoms with Crippen LogP contribution in [0.4, 0.5) is 18.9 Å². The van der Waals surface area contributed by atoms with E-state index in [0.29, 0.717) is 17.6 Å². The third-order valence-corrected chi connectivity index (χ3v) is 7.26. The topological polar surface area (TPSA) is 67.9 Å². The monoisotopic (exact) mass is 550 g/mol. The number of thioether (sulfide) groups is 1. The first-order valence-electron chi connectivity index (χ1n) is 12.3. The lowest BCUT2D eigenvalue weighted by atomic mass is 10.1. The van der Waals surface area contributed by atoms with E-state index in [1.165, 1.54) is 40.8 Å². The smallest absolute Gasteiger partial charge is 0.406 e. The molecule has 7 nitrogen and oxygen atoms in total. The number of nitrogens with zero attached hydrogens (tertiary/aromatic N) is 6. The van der Waals surface area contributed by atoms with Crippen LogP contribution in [0.2, 0.25) is 0 Å². The molecule has 1 atom stereocenters.